The number of anilines is 1. The molecule has 8 heteroatoms. The van der Waals surface area contributed by atoms with E-state index in [1.807, 2.05) is 60.9 Å². The van der Waals surface area contributed by atoms with Gasteiger partial charge in [-0.15, -0.1) is 11.8 Å². The maximum absolute atomic E-state index is 13.0. The van der Waals surface area contributed by atoms with Crippen molar-refractivity contribution in [2.75, 3.05) is 24.7 Å². The third-order valence-corrected chi connectivity index (χ3v) is 8.29. The number of carbonyl (C=O) groups excluding carboxylic acids is 1. The number of hydrogen-bond acceptors (Lipinski definition) is 5. The molecule has 1 aliphatic rings. The summed E-state index contributed by atoms with van der Waals surface area (Å²) >= 11 is 1.57. The van der Waals surface area contributed by atoms with Crippen molar-refractivity contribution in [3.8, 4) is 11.5 Å². The number of sulfonamides is 1. The molecule has 0 saturated carbocycles. The van der Waals surface area contributed by atoms with Crippen molar-refractivity contribution >= 4 is 33.4 Å². The number of nitrogens with zero attached hydrogens (tertiary/aromatic N) is 1. The lowest BCUT2D eigenvalue weighted by molar-refractivity contribution is -0.120. The third-order valence-electron chi connectivity index (χ3n) is 5.64. The van der Waals surface area contributed by atoms with Crippen LogP contribution in [0, 0.1) is 5.92 Å². The second-order valence-electron chi connectivity index (χ2n) is 7.75. The first kappa shape index (κ1) is 23.4. The van der Waals surface area contributed by atoms with Crippen LogP contribution in [0.3, 0.4) is 0 Å². The van der Waals surface area contributed by atoms with E-state index in [1.165, 1.54) is 4.31 Å². The van der Waals surface area contributed by atoms with Crippen molar-refractivity contribution in [3.63, 3.8) is 0 Å². The first-order valence-corrected chi connectivity index (χ1v) is 13.4. The summed E-state index contributed by atoms with van der Waals surface area (Å²) in [7, 11) is -3.56. The fraction of sp³-hybridized carbons (Fsp3) is 0.240. The summed E-state index contributed by atoms with van der Waals surface area (Å²) < 4.78 is 33.3. The zero-order valence-electron chi connectivity index (χ0n) is 18.3. The molecule has 0 radical (unpaired) electrons. The summed E-state index contributed by atoms with van der Waals surface area (Å²) in [6.45, 7) is 0.625. The molecule has 0 unspecified atom stereocenters. The highest BCUT2D eigenvalue weighted by molar-refractivity contribution is 7.98. The molecule has 1 N–H and O–H groups in total. The molecule has 4 rings (SSSR count). The number of hydrogen-bond donors (Lipinski definition) is 1. The highest BCUT2D eigenvalue weighted by Gasteiger charge is 2.32. The van der Waals surface area contributed by atoms with Crippen LogP contribution >= 0.6 is 11.8 Å². The van der Waals surface area contributed by atoms with Crippen LogP contribution in [-0.4, -0.2) is 38.0 Å². The Morgan fingerprint density at radius 2 is 1.58 bits per heavy atom. The normalized spacial score (nSPS) is 15.2. The Kier molecular flexibility index (Phi) is 7.37. The highest BCUT2D eigenvalue weighted by atomic mass is 32.2. The predicted molar refractivity (Wildman–Crippen MR) is 131 cm³/mol. The number of thioether (sulfide) groups is 1. The fourth-order valence-corrected chi connectivity index (χ4v) is 5.64. The monoisotopic (exact) mass is 482 g/mol. The Balaban J connectivity index is 1.38. The molecular weight excluding hydrogens is 456 g/mol. The Bertz CT molecular complexity index is 1190. The second kappa shape index (κ2) is 10.4. The van der Waals surface area contributed by atoms with E-state index in [0.29, 0.717) is 43.1 Å². The summed E-state index contributed by atoms with van der Waals surface area (Å²) in [5.41, 5.74) is 0.593. The van der Waals surface area contributed by atoms with Gasteiger partial charge >= 0.3 is 0 Å². The van der Waals surface area contributed by atoms with Gasteiger partial charge in [-0.25, -0.2) is 8.42 Å². The molecule has 1 heterocycles. The van der Waals surface area contributed by atoms with Crippen LogP contribution in [0.15, 0.2) is 88.7 Å². The smallest absolute Gasteiger partial charge is 0.243 e. The van der Waals surface area contributed by atoms with Crippen LogP contribution in [0.5, 0.6) is 11.5 Å². The maximum atomic E-state index is 13.0. The molecule has 0 spiro atoms. The van der Waals surface area contributed by atoms with E-state index in [1.54, 1.807) is 36.0 Å². The summed E-state index contributed by atoms with van der Waals surface area (Å²) in [4.78, 5) is 14.2. The quantitative estimate of drug-likeness (QED) is 0.466. The fourth-order valence-electron chi connectivity index (χ4n) is 3.76. The van der Waals surface area contributed by atoms with Gasteiger partial charge in [0.2, 0.25) is 15.9 Å². The van der Waals surface area contributed by atoms with Crippen molar-refractivity contribution in [3.05, 3.63) is 78.9 Å². The number of para-hydroxylation sites is 3. The number of piperidine rings is 1. The summed E-state index contributed by atoms with van der Waals surface area (Å²) in [5, 5.41) is 2.96. The first-order valence-electron chi connectivity index (χ1n) is 10.7. The molecule has 0 aromatic heterocycles. The zero-order chi connectivity index (χ0) is 23.3. The van der Waals surface area contributed by atoms with Gasteiger partial charge in [0.1, 0.15) is 5.75 Å². The van der Waals surface area contributed by atoms with Crippen molar-refractivity contribution in [2.24, 2.45) is 5.92 Å². The molecule has 3 aromatic rings. The number of benzene rings is 3. The lowest BCUT2D eigenvalue weighted by Crippen LogP contribution is -2.41. The van der Waals surface area contributed by atoms with Crippen LogP contribution in [0.4, 0.5) is 5.69 Å². The van der Waals surface area contributed by atoms with Gasteiger partial charge in [-0.1, -0.05) is 30.3 Å². The van der Waals surface area contributed by atoms with Crippen LogP contribution in [-0.2, 0) is 14.8 Å². The van der Waals surface area contributed by atoms with Crippen molar-refractivity contribution < 1.29 is 17.9 Å². The van der Waals surface area contributed by atoms with E-state index in [0.717, 1.165) is 4.90 Å². The van der Waals surface area contributed by atoms with E-state index in [9.17, 15) is 13.2 Å². The van der Waals surface area contributed by atoms with Crippen LogP contribution < -0.4 is 10.1 Å². The Morgan fingerprint density at radius 1 is 0.939 bits per heavy atom. The molecule has 1 fully saturated rings. The van der Waals surface area contributed by atoms with E-state index in [-0.39, 0.29) is 16.7 Å². The predicted octanol–water partition coefficient (Wildman–Crippen LogP) is 5.24. The highest BCUT2D eigenvalue weighted by Crippen LogP contribution is 2.31. The number of carbonyl (C=O) groups is 1. The minimum Gasteiger partial charge on any atom is -0.455 e. The van der Waals surface area contributed by atoms with Gasteiger partial charge in [-0.05, 0) is 67.6 Å². The van der Waals surface area contributed by atoms with Gasteiger partial charge in [-0.2, -0.15) is 4.31 Å². The number of rotatable bonds is 7. The molecule has 3 aromatic carbocycles. The average Bonchev–Trinajstić information content (AvgIpc) is 2.86. The van der Waals surface area contributed by atoms with Gasteiger partial charge < -0.3 is 10.1 Å². The van der Waals surface area contributed by atoms with Crippen LogP contribution in [0.25, 0.3) is 0 Å². The standard InChI is InChI=1S/C25H26N2O4S2/c1-32-21-11-13-22(14-12-21)33(29,30)27-17-15-19(16-18-27)25(28)26-23-9-5-6-10-24(23)31-20-7-3-2-4-8-20/h2-14,19H,15-18H2,1H3,(H,26,28). The summed E-state index contributed by atoms with van der Waals surface area (Å²) in [5.74, 6) is 0.856. The summed E-state index contributed by atoms with van der Waals surface area (Å²) in [6.07, 6.45) is 2.89. The van der Waals surface area contributed by atoms with Crippen molar-refractivity contribution in [1.82, 2.24) is 4.31 Å². The molecule has 0 aliphatic carbocycles. The second-order valence-corrected chi connectivity index (χ2v) is 10.6. The van der Waals surface area contributed by atoms with Gasteiger partial charge in [0.05, 0.1) is 10.6 Å². The first-order chi connectivity index (χ1) is 16.0. The molecule has 6 nitrogen and oxygen atoms in total. The lowest BCUT2D eigenvalue weighted by Gasteiger charge is -2.30. The van der Waals surface area contributed by atoms with Crippen molar-refractivity contribution in [2.45, 2.75) is 22.6 Å². The topological polar surface area (TPSA) is 75.7 Å². The maximum Gasteiger partial charge on any atom is 0.243 e. The minimum absolute atomic E-state index is 0.125. The van der Waals surface area contributed by atoms with E-state index in [4.69, 9.17) is 4.74 Å². The van der Waals surface area contributed by atoms with Gasteiger partial charge in [0, 0.05) is 23.9 Å². The zero-order valence-corrected chi connectivity index (χ0v) is 19.9. The molecule has 0 bridgehead atoms. The van der Waals surface area contributed by atoms with Gasteiger partial charge in [-0.3, -0.25) is 4.79 Å². The number of nitrogens with one attached hydrogen (secondary N) is 1. The molecule has 1 saturated heterocycles. The average molecular weight is 483 g/mol. The number of amides is 1. The number of ether oxygens (including phenoxy) is 1. The Labute approximate surface area is 199 Å². The Morgan fingerprint density at radius 3 is 2.24 bits per heavy atom. The van der Waals surface area contributed by atoms with Crippen LogP contribution in [0.2, 0.25) is 0 Å². The Hall–Kier alpha value is -2.81. The molecule has 172 valence electrons. The summed E-state index contributed by atoms with van der Waals surface area (Å²) in [6, 6.07) is 23.6. The van der Waals surface area contributed by atoms with E-state index >= 15 is 0 Å². The van der Waals surface area contributed by atoms with Crippen molar-refractivity contribution in [1.29, 1.82) is 0 Å². The van der Waals surface area contributed by atoms with Gasteiger partial charge in [0.15, 0.2) is 5.75 Å². The van der Waals surface area contributed by atoms with E-state index < -0.39 is 10.0 Å². The van der Waals surface area contributed by atoms with E-state index in [2.05, 4.69) is 5.32 Å². The molecule has 0 atom stereocenters. The third kappa shape index (κ3) is 5.58. The SMILES string of the molecule is CSc1ccc(S(=O)(=O)N2CCC(C(=O)Nc3ccccc3Oc3ccccc3)CC2)cc1. The molecule has 1 aliphatic heterocycles. The molecular formula is C25H26N2O4S2. The molecule has 33 heavy (non-hydrogen) atoms. The van der Waals surface area contributed by atoms with Crippen LogP contribution in [0.1, 0.15) is 12.8 Å². The largest absolute Gasteiger partial charge is 0.455 e. The van der Waals surface area contributed by atoms with Gasteiger partial charge in [0.25, 0.3) is 0 Å². The minimum atomic E-state index is -3.56. The lowest BCUT2D eigenvalue weighted by atomic mass is 9.97. The molecule has 1 amide bonds.